The van der Waals surface area contributed by atoms with Crippen LogP contribution in [0.2, 0.25) is 0 Å². The Morgan fingerprint density at radius 3 is 2.89 bits per heavy atom. The minimum absolute atomic E-state index is 0.602. The molecule has 2 saturated carbocycles. The van der Waals surface area contributed by atoms with Crippen molar-refractivity contribution in [3.63, 3.8) is 0 Å². The molecular formula is C17H26N2. The van der Waals surface area contributed by atoms with E-state index in [9.17, 15) is 0 Å². The van der Waals surface area contributed by atoms with Crippen LogP contribution in [0.3, 0.4) is 0 Å². The summed E-state index contributed by atoms with van der Waals surface area (Å²) in [5, 5.41) is 3.48. The summed E-state index contributed by atoms with van der Waals surface area (Å²) in [6.45, 7) is 1.28. The molecule has 2 bridgehead atoms. The van der Waals surface area contributed by atoms with Gasteiger partial charge in [0, 0.05) is 25.0 Å². The van der Waals surface area contributed by atoms with E-state index in [0.717, 1.165) is 17.8 Å². The molecule has 4 unspecified atom stereocenters. The van der Waals surface area contributed by atoms with Crippen LogP contribution in [0, 0.1) is 17.8 Å². The van der Waals surface area contributed by atoms with Gasteiger partial charge in [0.15, 0.2) is 0 Å². The zero-order chi connectivity index (χ0) is 12.8. The molecule has 19 heavy (non-hydrogen) atoms. The maximum absolute atomic E-state index is 3.48. The molecule has 3 aliphatic carbocycles. The lowest BCUT2D eigenvalue weighted by atomic mass is 9.89. The van der Waals surface area contributed by atoms with E-state index < -0.39 is 0 Å². The first-order valence-electron chi connectivity index (χ1n) is 8.19. The van der Waals surface area contributed by atoms with Crippen LogP contribution in [0.25, 0.3) is 0 Å². The summed E-state index contributed by atoms with van der Waals surface area (Å²) in [4.78, 5) is 0. The molecule has 3 aliphatic rings. The molecule has 4 atom stereocenters. The number of aromatic nitrogens is 1. The van der Waals surface area contributed by atoms with Crippen LogP contribution in [0.15, 0.2) is 12.4 Å². The molecule has 1 N–H and O–H groups in total. The minimum atomic E-state index is 0.602. The Labute approximate surface area is 116 Å². The zero-order valence-corrected chi connectivity index (χ0v) is 12.1. The summed E-state index contributed by atoms with van der Waals surface area (Å²) in [6.07, 6.45) is 14.9. The summed E-state index contributed by atoms with van der Waals surface area (Å²) in [6, 6.07) is 0.602. The van der Waals surface area contributed by atoms with Crippen LogP contribution in [0.5, 0.6) is 0 Å². The number of hydrogen-bond acceptors (Lipinski definition) is 1. The van der Waals surface area contributed by atoms with Crippen molar-refractivity contribution in [2.75, 3.05) is 7.05 Å². The van der Waals surface area contributed by atoms with Gasteiger partial charge in [-0.15, -0.1) is 0 Å². The van der Waals surface area contributed by atoms with E-state index in [1.54, 1.807) is 11.1 Å². The van der Waals surface area contributed by atoms with Gasteiger partial charge in [0.1, 0.15) is 0 Å². The summed E-state index contributed by atoms with van der Waals surface area (Å²) < 4.78 is 2.52. The topological polar surface area (TPSA) is 17.0 Å². The van der Waals surface area contributed by atoms with E-state index >= 15 is 0 Å². The lowest BCUT2D eigenvalue weighted by Gasteiger charge is -2.22. The SMILES string of the molecule is CNC1CCCc2cn(CC3CC4CCC3C4)cc21. The fourth-order valence-corrected chi connectivity index (χ4v) is 5.02. The number of fused-ring (bicyclic) bond motifs is 3. The van der Waals surface area contributed by atoms with Crippen LogP contribution in [0.4, 0.5) is 0 Å². The molecule has 2 fully saturated rings. The molecule has 0 aromatic carbocycles. The third-order valence-corrected chi connectivity index (χ3v) is 5.99. The largest absolute Gasteiger partial charge is 0.353 e. The Kier molecular flexibility index (Phi) is 2.95. The first-order valence-corrected chi connectivity index (χ1v) is 8.19. The molecule has 0 spiro atoms. The quantitative estimate of drug-likeness (QED) is 0.877. The maximum atomic E-state index is 3.48. The molecule has 4 rings (SSSR count). The standard InChI is InChI=1S/C17H26N2/c1-18-17-4-2-3-14-9-19(11-16(14)17)10-15-8-12-5-6-13(15)7-12/h9,11-13,15,17-18H,2-8,10H2,1H3. The third kappa shape index (κ3) is 2.05. The van der Waals surface area contributed by atoms with Gasteiger partial charge in [0.05, 0.1) is 0 Å². The van der Waals surface area contributed by atoms with E-state index in [-0.39, 0.29) is 0 Å². The molecule has 1 heterocycles. The molecule has 0 aliphatic heterocycles. The molecular weight excluding hydrogens is 232 g/mol. The highest BCUT2D eigenvalue weighted by Gasteiger charge is 2.39. The van der Waals surface area contributed by atoms with Crippen molar-refractivity contribution in [3.8, 4) is 0 Å². The van der Waals surface area contributed by atoms with Gasteiger partial charge in [-0.1, -0.05) is 6.42 Å². The Morgan fingerprint density at radius 1 is 1.21 bits per heavy atom. The van der Waals surface area contributed by atoms with Crippen molar-refractivity contribution in [2.24, 2.45) is 17.8 Å². The maximum Gasteiger partial charge on any atom is 0.0335 e. The Hall–Kier alpha value is -0.760. The first kappa shape index (κ1) is 12.0. The number of nitrogens with zero attached hydrogens (tertiary/aromatic N) is 1. The van der Waals surface area contributed by atoms with Crippen LogP contribution in [-0.4, -0.2) is 11.6 Å². The summed E-state index contributed by atoms with van der Waals surface area (Å²) >= 11 is 0. The van der Waals surface area contributed by atoms with E-state index in [1.165, 1.54) is 51.5 Å². The van der Waals surface area contributed by atoms with Crippen molar-refractivity contribution in [1.82, 2.24) is 9.88 Å². The smallest absolute Gasteiger partial charge is 0.0335 e. The number of hydrogen-bond donors (Lipinski definition) is 1. The van der Waals surface area contributed by atoms with Gasteiger partial charge >= 0.3 is 0 Å². The zero-order valence-electron chi connectivity index (χ0n) is 12.1. The van der Waals surface area contributed by atoms with Gasteiger partial charge in [0.25, 0.3) is 0 Å². The second-order valence-electron chi connectivity index (χ2n) is 7.10. The van der Waals surface area contributed by atoms with Crippen molar-refractivity contribution in [3.05, 3.63) is 23.5 Å². The number of nitrogens with one attached hydrogen (secondary N) is 1. The first-order chi connectivity index (χ1) is 9.33. The van der Waals surface area contributed by atoms with Gasteiger partial charge in [-0.05, 0) is 74.5 Å². The highest BCUT2D eigenvalue weighted by atomic mass is 15.0. The Morgan fingerprint density at radius 2 is 2.16 bits per heavy atom. The van der Waals surface area contributed by atoms with Crippen molar-refractivity contribution in [1.29, 1.82) is 0 Å². The van der Waals surface area contributed by atoms with Gasteiger partial charge in [-0.25, -0.2) is 0 Å². The summed E-state index contributed by atoms with van der Waals surface area (Å²) in [5.74, 6) is 3.09. The minimum Gasteiger partial charge on any atom is -0.353 e. The van der Waals surface area contributed by atoms with Gasteiger partial charge in [-0.3, -0.25) is 0 Å². The van der Waals surface area contributed by atoms with Crippen molar-refractivity contribution >= 4 is 0 Å². The molecule has 0 saturated heterocycles. The van der Waals surface area contributed by atoms with Crippen LogP contribution < -0.4 is 5.32 Å². The Bertz CT molecular complexity index is 462. The summed E-state index contributed by atoms with van der Waals surface area (Å²) in [7, 11) is 2.10. The van der Waals surface area contributed by atoms with E-state index in [2.05, 4.69) is 29.3 Å². The normalized spacial score (nSPS) is 36.7. The van der Waals surface area contributed by atoms with Gasteiger partial charge in [0.2, 0.25) is 0 Å². The average Bonchev–Trinajstić information content (AvgIpc) is 3.11. The monoisotopic (exact) mass is 258 g/mol. The molecule has 0 amide bonds. The fourth-order valence-electron chi connectivity index (χ4n) is 5.02. The second-order valence-corrected chi connectivity index (χ2v) is 7.10. The third-order valence-electron chi connectivity index (χ3n) is 5.99. The molecule has 1 aromatic heterocycles. The second kappa shape index (κ2) is 4.66. The average molecular weight is 258 g/mol. The number of rotatable bonds is 3. The predicted molar refractivity (Wildman–Crippen MR) is 78.1 cm³/mol. The number of aryl methyl sites for hydroxylation is 1. The van der Waals surface area contributed by atoms with Gasteiger partial charge in [-0.2, -0.15) is 0 Å². The van der Waals surface area contributed by atoms with Crippen LogP contribution in [0.1, 0.15) is 55.7 Å². The molecule has 1 aromatic rings. The lowest BCUT2D eigenvalue weighted by molar-refractivity contribution is 0.296. The van der Waals surface area contributed by atoms with E-state index in [4.69, 9.17) is 0 Å². The predicted octanol–water partition coefficient (Wildman–Crippen LogP) is 3.52. The van der Waals surface area contributed by atoms with Crippen molar-refractivity contribution < 1.29 is 0 Å². The lowest BCUT2D eigenvalue weighted by Crippen LogP contribution is -2.20. The highest BCUT2D eigenvalue weighted by molar-refractivity contribution is 5.30. The van der Waals surface area contributed by atoms with E-state index in [0.29, 0.717) is 6.04 Å². The molecule has 2 nitrogen and oxygen atoms in total. The van der Waals surface area contributed by atoms with Crippen LogP contribution in [-0.2, 0) is 13.0 Å². The van der Waals surface area contributed by atoms with Crippen LogP contribution >= 0.6 is 0 Å². The Balaban J connectivity index is 1.51. The van der Waals surface area contributed by atoms with Gasteiger partial charge < -0.3 is 9.88 Å². The fraction of sp³-hybridized carbons (Fsp3) is 0.765. The molecule has 2 heteroatoms. The highest BCUT2D eigenvalue weighted by Crippen LogP contribution is 2.49. The summed E-state index contributed by atoms with van der Waals surface area (Å²) in [5.41, 5.74) is 3.19. The molecule has 104 valence electrons. The van der Waals surface area contributed by atoms with Crippen molar-refractivity contribution in [2.45, 2.75) is 57.5 Å². The molecule has 0 radical (unpaired) electrons. The van der Waals surface area contributed by atoms with E-state index in [1.807, 2.05) is 0 Å².